The van der Waals surface area contributed by atoms with Crippen LogP contribution in [0.1, 0.15) is 11.7 Å². The molecule has 1 aromatic heterocycles. The standard InChI is InChI=1S/C12H19N3O4S/c1-8-13-12(19-14-8)3-9-6-18-7-10-4-15(5-11(9)10)20(2,16)17/h9-11H,3-7H2,1-2H3/t9-,10+,11-/m1/s1. The summed E-state index contributed by atoms with van der Waals surface area (Å²) in [4.78, 5) is 4.22. The first-order valence-corrected chi connectivity index (χ1v) is 8.60. The minimum atomic E-state index is -3.13. The molecule has 0 bridgehead atoms. The number of fused-ring (bicyclic) bond motifs is 1. The zero-order chi connectivity index (χ0) is 14.3. The van der Waals surface area contributed by atoms with Gasteiger partial charge in [-0.2, -0.15) is 4.98 Å². The number of aryl methyl sites for hydroxylation is 1. The third kappa shape index (κ3) is 2.72. The Kier molecular flexibility index (Phi) is 3.55. The van der Waals surface area contributed by atoms with E-state index in [0.717, 1.165) is 0 Å². The molecule has 2 fully saturated rings. The summed E-state index contributed by atoms with van der Waals surface area (Å²) in [5.74, 6) is 2.05. The van der Waals surface area contributed by atoms with Crippen LogP contribution in [0.4, 0.5) is 0 Å². The molecule has 0 aliphatic carbocycles. The van der Waals surface area contributed by atoms with Crippen molar-refractivity contribution in [2.45, 2.75) is 13.3 Å². The summed E-state index contributed by atoms with van der Waals surface area (Å²) >= 11 is 0. The van der Waals surface area contributed by atoms with Crippen molar-refractivity contribution >= 4 is 10.0 Å². The van der Waals surface area contributed by atoms with Gasteiger partial charge in [-0.1, -0.05) is 5.16 Å². The number of rotatable bonds is 3. The molecule has 0 spiro atoms. The van der Waals surface area contributed by atoms with E-state index in [9.17, 15) is 8.42 Å². The second-order valence-electron chi connectivity index (χ2n) is 5.74. The molecule has 2 saturated heterocycles. The summed E-state index contributed by atoms with van der Waals surface area (Å²) in [6.45, 7) is 4.18. The Labute approximate surface area is 118 Å². The van der Waals surface area contributed by atoms with E-state index in [4.69, 9.17) is 9.26 Å². The highest BCUT2D eigenvalue weighted by Crippen LogP contribution is 2.36. The van der Waals surface area contributed by atoms with Gasteiger partial charge in [0.05, 0.1) is 19.5 Å². The predicted octanol–water partition coefficient (Wildman–Crippen LogP) is 0.0745. The van der Waals surface area contributed by atoms with E-state index in [2.05, 4.69) is 10.1 Å². The lowest BCUT2D eigenvalue weighted by molar-refractivity contribution is -0.0110. The van der Waals surface area contributed by atoms with Crippen LogP contribution in [0.15, 0.2) is 4.52 Å². The molecule has 0 aromatic carbocycles. The Balaban J connectivity index is 1.73. The molecule has 7 nitrogen and oxygen atoms in total. The lowest BCUT2D eigenvalue weighted by Gasteiger charge is -2.32. The van der Waals surface area contributed by atoms with Crippen LogP contribution in [0.25, 0.3) is 0 Å². The number of aromatic nitrogens is 2. The van der Waals surface area contributed by atoms with Gasteiger partial charge >= 0.3 is 0 Å². The number of hydrogen-bond acceptors (Lipinski definition) is 6. The molecule has 0 N–H and O–H groups in total. The first-order valence-electron chi connectivity index (χ1n) is 6.75. The molecule has 20 heavy (non-hydrogen) atoms. The van der Waals surface area contributed by atoms with Crippen molar-refractivity contribution in [2.75, 3.05) is 32.6 Å². The summed E-state index contributed by atoms with van der Waals surface area (Å²) < 4.78 is 35.7. The third-order valence-electron chi connectivity index (χ3n) is 4.20. The van der Waals surface area contributed by atoms with E-state index in [0.29, 0.717) is 50.4 Å². The van der Waals surface area contributed by atoms with Crippen molar-refractivity contribution in [3.05, 3.63) is 11.7 Å². The van der Waals surface area contributed by atoms with E-state index >= 15 is 0 Å². The molecule has 0 saturated carbocycles. The Bertz CT molecular complexity index is 585. The maximum atomic E-state index is 11.7. The number of nitrogens with zero attached hydrogens (tertiary/aromatic N) is 3. The fourth-order valence-electron chi connectivity index (χ4n) is 3.19. The first-order chi connectivity index (χ1) is 9.43. The summed E-state index contributed by atoms with van der Waals surface area (Å²) in [6, 6.07) is 0. The van der Waals surface area contributed by atoms with E-state index in [1.165, 1.54) is 6.26 Å². The number of ether oxygens (including phenoxy) is 1. The lowest BCUT2D eigenvalue weighted by atomic mass is 9.81. The summed E-state index contributed by atoms with van der Waals surface area (Å²) in [5, 5.41) is 3.79. The van der Waals surface area contributed by atoms with Crippen LogP contribution in [0, 0.1) is 24.7 Å². The summed E-state index contributed by atoms with van der Waals surface area (Å²) in [5.41, 5.74) is 0. The molecular weight excluding hydrogens is 282 g/mol. The van der Waals surface area contributed by atoms with E-state index in [-0.39, 0.29) is 11.8 Å². The SMILES string of the molecule is Cc1noc(C[C@@H]2COC[C@@H]3CN(S(C)(=O)=O)C[C@@H]32)n1. The third-order valence-corrected chi connectivity index (χ3v) is 5.44. The molecule has 0 amide bonds. The topological polar surface area (TPSA) is 85.5 Å². The van der Waals surface area contributed by atoms with Gasteiger partial charge in [-0.25, -0.2) is 12.7 Å². The van der Waals surface area contributed by atoms with Crippen molar-refractivity contribution < 1.29 is 17.7 Å². The van der Waals surface area contributed by atoms with Crippen molar-refractivity contribution in [3.63, 3.8) is 0 Å². The smallest absolute Gasteiger partial charge is 0.227 e. The molecule has 0 radical (unpaired) electrons. The highest BCUT2D eigenvalue weighted by atomic mass is 32.2. The van der Waals surface area contributed by atoms with Crippen molar-refractivity contribution in [3.8, 4) is 0 Å². The van der Waals surface area contributed by atoms with Gasteiger partial charge in [0, 0.05) is 25.4 Å². The number of hydrogen-bond donors (Lipinski definition) is 0. The Hall–Kier alpha value is -0.990. The average Bonchev–Trinajstić information content (AvgIpc) is 2.95. The van der Waals surface area contributed by atoms with Gasteiger partial charge in [0.1, 0.15) is 0 Å². The summed E-state index contributed by atoms with van der Waals surface area (Å²) in [6.07, 6.45) is 1.92. The lowest BCUT2D eigenvalue weighted by Crippen LogP contribution is -2.36. The van der Waals surface area contributed by atoms with Gasteiger partial charge in [0.15, 0.2) is 5.82 Å². The fourth-order valence-corrected chi connectivity index (χ4v) is 4.09. The van der Waals surface area contributed by atoms with Crippen LogP contribution in [-0.2, 0) is 21.2 Å². The normalized spacial score (nSPS) is 31.4. The molecule has 0 unspecified atom stereocenters. The zero-order valence-corrected chi connectivity index (χ0v) is 12.5. The molecule has 3 atom stereocenters. The maximum Gasteiger partial charge on any atom is 0.227 e. The molecule has 8 heteroatoms. The molecule has 3 heterocycles. The van der Waals surface area contributed by atoms with Gasteiger partial charge in [0.25, 0.3) is 0 Å². The molecule has 2 aliphatic rings. The molecular formula is C12H19N3O4S. The van der Waals surface area contributed by atoms with Crippen LogP contribution >= 0.6 is 0 Å². The van der Waals surface area contributed by atoms with E-state index in [1.54, 1.807) is 11.2 Å². The number of sulfonamides is 1. The Morgan fingerprint density at radius 3 is 2.80 bits per heavy atom. The second kappa shape index (κ2) is 5.09. The minimum Gasteiger partial charge on any atom is -0.381 e. The van der Waals surface area contributed by atoms with Crippen molar-refractivity contribution in [2.24, 2.45) is 17.8 Å². The van der Waals surface area contributed by atoms with Crippen LogP contribution in [0.2, 0.25) is 0 Å². The molecule has 2 aliphatic heterocycles. The van der Waals surface area contributed by atoms with Crippen LogP contribution in [0.5, 0.6) is 0 Å². The first kappa shape index (κ1) is 14.0. The highest BCUT2D eigenvalue weighted by Gasteiger charge is 2.43. The average molecular weight is 301 g/mol. The van der Waals surface area contributed by atoms with Gasteiger partial charge in [0.2, 0.25) is 15.9 Å². The van der Waals surface area contributed by atoms with Crippen LogP contribution in [0.3, 0.4) is 0 Å². The maximum absolute atomic E-state index is 11.7. The van der Waals surface area contributed by atoms with Gasteiger partial charge in [-0.05, 0) is 18.8 Å². The second-order valence-corrected chi connectivity index (χ2v) is 7.72. The molecule has 1 aromatic rings. The van der Waals surface area contributed by atoms with Gasteiger partial charge in [-0.15, -0.1) is 0 Å². The van der Waals surface area contributed by atoms with Crippen LogP contribution < -0.4 is 0 Å². The van der Waals surface area contributed by atoms with Gasteiger partial charge < -0.3 is 9.26 Å². The quantitative estimate of drug-likeness (QED) is 0.785. The molecule has 112 valence electrons. The predicted molar refractivity (Wildman–Crippen MR) is 70.4 cm³/mol. The highest BCUT2D eigenvalue weighted by molar-refractivity contribution is 7.88. The minimum absolute atomic E-state index is 0.236. The van der Waals surface area contributed by atoms with Crippen molar-refractivity contribution in [1.29, 1.82) is 0 Å². The van der Waals surface area contributed by atoms with Crippen molar-refractivity contribution in [1.82, 2.24) is 14.4 Å². The fraction of sp³-hybridized carbons (Fsp3) is 0.833. The summed E-state index contributed by atoms with van der Waals surface area (Å²) in [7, 11) is -3.13. The Morgan fingerprint density at radius 2 is 2.15 bits per heavy atom. The largest absolute Gasteiger partial charge is 0.381 e. The van der Waals surface area contributed by atoms with Gasteiger partial charge in [-0.3, -0.25) is 0 Å². The van der Waals surface area contributed by atoms with E-state index in [1.807, 2.05) is 0 Å². The zero-order valence-electron chi connectivity index (χ0n) is 11.7. The van der Waals surface area contributed by atoms with E-state index < -0.39 is 10.0 Å². The Morgan fingerprint density at radius 1 is 1.35 bits per heavy atom. The molecule has 3 rings (SSSR count). The monoisotopic (exact) mass is 301 g/mol. The van der Waals surface area contributed by atoms with Crippen LogP contribution in [-0.4, -0.2) is 55.4 Å².